The van der Waals surface area contributed by atoms with Gasteiger partial charge in [-0.05, 0) is 70.6 Å². The van der Waals surface area contributed by atoms with Crippen LogP contribution < -0.4 is 5.32 Å². The Balaban J connectivity index is 2.98. The highest BCUT2D eigenvalue weighted by Crippen LogP contribution is 2.20. The van der Waals surface area contributed by atoms with Gasteiger partial charge in [0.1, 0.15) is 5.54 Å². The summed E-state index contributed by atoms with van der Waals surface area (Å²) in [5.41, 5.74) is -0.326. The highest BCUT2D eigenvalue weighted by atomic mass is 127. The molecule has 0 fully saturated rings. The standard InChI is InChI=1S/C11H10BrIN2O/c1-11(2,6-14)15-10(16)8-5-7(13)3-4-9(8)12/h3-5H,1-2H3,(H,15,16). The summed E-state index contributed by atoms with van der Waals surface area (Å²) < 4.78 is 1.69. The molecule has 0 unspecified atom stereocenters. The van der Waals surface area contributed by atoms with E-state index in [4.69, 9.17) is 5.26 Å². The number of nitriles is 1. The zero-order chi connectivity index (χ0) is 12.3. The number of amides is 1. The fourth-order valence-electron chi connectivity index (χ4n) is 1.05. The number of hydrogen-bond donors (Lipinski definition) is 1. The average Bonchev–Trinajstić information content (AvgIpc) is 2.21. The molecule has 0 bridgehead atoms. The van der Waals surface area contributed by atoms with Gasteiger partial charge in [0.15, 0.2) is 0 Å². The van der Waals surface area contributed by atoms with Crippen molar-refractivity contribution in [3.05, 3.63) is 31.8 Å². The van der Waals surface area contributed by atoms with Crippen LogP contribution in [-0.2, 0) is 0 Å². The SMILES string of the molecule is CC(C)(C#N)NC(=O)c1cc(I)ccc1Br. The van der Waals surface area contributed by atoms with Crippen molar-refractivity contribution in [2.24, 2.45) is 0 Å². The number of nitrogens with zero attached hydrogens (tertiary/aromatic N) is 1. The Morgan fingerprint density at radius 1 is 1.56 bits per heavy atom. The van der Waals surface area contributed by atoms with Crippen molar-refractivity contribution in [2.45, 2.75) is 19.4 Å². The molecule has 16 heavy (non-hydrogen) atoms. The molecular formula is C11H10BrIN2O. The van der Waals surface area contributed by atoms with E-state index in [1.54, 1.807) is 19.9 Å². The second kappa shape index (κ2) is 5.15. The van der Waals surface area contributed by atoms with E-state index in [9.17, 15) is 4.79 Å². The predicted octanol–water partition coefficient (Wildman–Crippen LogP) is 3.09. The summed E-state index contributed by atoms with van der Waals surface area (Å²) >= 11 is 5.45. The molecule has 84 valence electrons. The largest absolute Gasteiger partial charge is 0.334 e. The van der Waals surface area contributed by atoms with Crippen molar-refractivity contribution < 1.29 is 4.79 Å². The second-order valence-corrected chi connectivity index (χ2v) is 5.92. The molecule has 1 N–H and O–H groups in total. The van der Waals surface area contributed by atoms with Gasteiger partial charge in [0, 0.05) is 8.04 Å². The van der Waals surface area contributed by atoms with Crippen LogP contribution in [0.25, 0.3) is 0 Å². The maximum atomic E-state index is 11.9. The summed E-state index contributed by atoms with van der Waals surface area (Å²) in [4.78, 5) is 11.9. The van der Waals surface area contributed by atoms with Gasteiger partial charge in [-0.2, -0.15) is 5.26 Å². The molecule has 0 aromatic heterocycles. The van der Waals surface area contributed by atoms with Crippen molar-refractivity contribution in [3.63, 3.8) is 0 Å². The molecule has 0 aliphatic carbocycles. The summed E-state index contributed by atoms with van der Waals surface area (Å²) in [5, 5.41) is 11.5. The Morgan fingerprint density at radius 2 is 2.19 bits per heavy atom. The first-order chi connectivity index (χ1) is 7.35. The molecule has 0 saturated carbocycles. The van der Waals surface area contributed by atoms with Crippen molar-refractivity contribution in [3.8, 4) is 6.07 Å². The van der Waals surface area contributed by atoms with Crippen LogP contribution in [0.5, 0.6) is 0 Å². The normalized spacial score (nSPS) is 10.7. The van der Waals surface area contributed by atoms with Crippen molar-refractivity contribution in [1.29, 1.82) is 5.26 Å². The highest BCUT2D eigenvalue weighted by molar-refractivity contribution is 14.1. The Hall–Kier alpha value is -0.610. The van der Waals surface area contributed by atoms with Crippen LogP contribution in [0.2, 0.25) is 0 Å². The summed E-state index contributed by atoms with van der Waals surface area (Å²) in [6.07, 6.45) is 0. The van der Waals surface area contributed by atoms with Crippen molar-refractivity contribution in [1.82, 2.24) is 5.32 Å². The summed E-state index contributed by atoms with van der Waals surface area (Å²) in [5.74, 6) is -0.253. The monoisotopic (exact) mass is 392 g/mol. The third kappa shape index (κ3) is 3.46. The number of halogens is 2. The molecule has 1 aromatic rings. The molecule has 0 heterocycles. The summed E-state index contributed by atoms with van der Waals surface area (Å²) in [7, 11) is 0. The molecule has 1 amide bonds. The van der Waals surface area contributed by atoms with Crippen LogP contribution in [0, 0.1) is 14.9 Å². The molecule has 3 nitrogen and oxygen atoms in total. The number of rotatable bonds is 2. The number of benzene rings is 1. The van der Waals surface area contributed by atoms with Crippen LogP contribution in [0.4, 0.5) is 0 Å². The Kier molecular flexibility index (Phi) is 4.33. The first-order valence-electron chi connectivity index (χ1n) is 4.54. The van der Waals surface area contributed by atoms with E-state index < -0.39 is 5.54 Å². The lowest BCUT2D eigenvalue weighted by Gasteiger charge is -2.18. The van der Waals surface area contributed by atoms with Gasteiger partial charge >= 0.3 is 0 Å². The van der Waals surface area contributed by atoms with Gasteiger partial charge in [0.2, 0.25) is 0 Å². The maximum Gasteiger partial charge on any atom is 0.253 e. The molecule has 0 aliphatic rings. The zero-order valence-corrected chi connectivity index (χ0v) is 12.6. The Morgan fingerprint density at radius 3 is 2.75 bits per heavy atom. The van der Waals surface area contributed by atoms with Gasteiger partial charge in [-0.1, -0.05) is 0 Å². The fourth-order valence-corrected chi connectivity index (χ4v) is 1.97. The molecule has 0 spiro atoms. The first kappa shape index (κ1) is 13.5. The van der Waals surface area contributed by atoms with E-state index >= 15 is 0 Å². The minimum Gasteiger partial charge on any atom is -0.334 e. The lowest BCUT2D eigenvalue weighted by molar-refractivity contribution is 0.0928. The van der Waals surface area contributed by atoms with Gasteiger partial charge in [-0.3, -0.25) is 4.79 Å². The van der Waals surface area contributed by atoms with Crippen LogP contribution in [-0.4, -0.2) is 11.4 Å². The number of carbonyl (C=O) groups is 1. The van der Waals surface area contributed by atoms with Crippen molar-refractivity contribution in [2.75, 3.05) is 0 Å². The molecule has 1 rings (SSSR count). The maximum absolute atomic E-state index is 11.9. The minimum atomic E-state index is -0.863. The van der Waals surface area contributed by atoms with E-state index in [0.717, 1.165) is 8.04 Å². The molecule has 0 saturated heterocycles. The molecular weight excluding hydrogens is 383 g/mol. The lowest BCUT2D eigenvalue weighted by Crippen LogP contribution is -2.42. The molecule has 0 radical (unpaired) electrons. The van der Waals surface area contributed by atoms with Crippen molar-refractivity contribution >= 4 is 44.4 Å². The first-order valence-corrected chi connectivity index (χ1v) is 6.42. The second-order valence-electron chi connectivity index (χ2n) is 3.82. The Bertz CT molecular complexity index is 466. The lowest BCUT2D eigenvalue weighted by atomic mass is 10.1. The van der Waals surface area contributed by atoms with Crippen LogP contribution >= 0.6 is 38.5 Å². The third-order valence-electron chi connectivity index (χ3n) is 1.88. The molecule has 5 heteroatoms. The fraction of sp³-hybridized carbons (Fsp3) is 0.273. The zero-order valence-electron chi connectivity index (χ0n) is 8.84. The third-order valence-corrected chi connectivity index (χ3v) is 3.24. The highest BCUT2D eigenvalue weighted by Gasteiger charge is 2.21. The quantitative estimate of drug-likeness (QED) is 0.786. The van der Waals surface area contributed by atoms with Gasteiger partial charge in [0.25, 0.3) is 5.91 Å². The van der Waals surface area contributed by atoms with Gasteiger partial charge < -0.3 is 5.32 Å². The smallest absolute Gasteiger partial charge is 0.253 e. The number of hydrogen-bond acceptors (Lipinski definition) is 2. The van der Waals surface area contributed by atoms with Gasteiger partial charge in [-0.25, -0.2) is 0 Å². The summed E-state index contributed by atoms with van der Waals surface area (Å²) in [6, 6.07) is 7.51. The van der Waals surface area contributed by atoms with E-state index in [-0.39, 0.29) is 5.91 Å². The van der Waals surface area contributed by atoms with Crippen LogP contribution in [0.15, 0.2) is 22.7 Å². The number of nitrogens with one attached hydrogen (secondary N) is 1. The minimum absolute atomic E-state index is 0.253. The molecule has 1 aromatic carbocycles. The average molecular weight is 393 g/mol. The van der Waals surface area contributed by atoms with E-state index in [0.29, 0.717) is 5.56 Å². The van der Waals surface area contributed by atoms with E-state index in [1.807, 2.05) is 18.2 Å². The van der Waals surface area contributed by atoms with Crippen LogP contribution in [0.1, 0.15) is 24.2 Å². The van der Waals surface area contributed by atoms with Gasteiger partial charge in [0.05, 0.1) is 11.6 Å². The van der Waals surface area contributed by atoms with Gasteiger partial charge in [-0.15, -0.1) is 0 Å². The molecule has 0 atom stereocenters. The summed E-state index contributed by atoms with van der Waals surface area (Å²) in [6.45, 7) is 3.32. The molecule has 0 aliphatic heterocycles. The van der Waals surface area contributed by atoms with E-state index in [2.05, 4.69) is 43.8 Å². The van der Waals surface area contributed by atoms with Crippen LogP contribution in [0.3, 0.4) is 0 Å². The van der Waals surface area contributed by atoms with E-state index in [1.165, 1.54) is 0 Å². The Labute approximate surface area is 116 Å². The topological polar surface area (TPSA) is 52.9 Å². The predicted molar refractivity (Wildman–Crippen MR) is 74.0 cm³/mol. The number of carbonyl (C=O) groups excluding carboxylic acids is 1.